The van der Waals surface area contributed by atoms with Gasteiger partial charge in [0.05, 0.1) is 12.7 Å². The smallest absolute Gasteiger partial charge is 0.257 e. The first-order chi connectivity index (χ1) is 10.8. The number of carbonyl (C=O) groups is 1. The fraction of sp³-hybridized carbons (Fsp3) is 0.211. The molecule has 0 aromatic heterocycles. The summed E-state index contributed by atoms with van der Waals surface area (Å²) < 4.78 is 5.28. The number of benzene rings is 2. The van der Waals surface area contributed by atoms with Crippen LogP contribution in [0.1, 0.15) is 22.3 Å². The molecule has 0 saturated carbocycles. The Morgan fingerprint density at radius 3 is 2.45 bits per heavy atom. The molecule has 0 atom stereocenters. The molecule has 3 nitrogen and oxygen atoms in total. The molecule has 3 rings (SSSR count). The lowest BCUT2D eigenvalue weighted by Gasteiger charge is -2.27. The van der Waals surface area contributed by atoms with Crippen molar-refractivity contribution < 1.29 is 9.53 Å². The van der Waals surface area contributed by atoms with Gasteiger partial charge in [-0.25, -0.2) is 0 Å². The first-order valence-corrected chi connectivity index (χ1v) is 7.46. The molecule has 0 radical (unpaired) electrons. The number of para-hydroxylation sites is 1. The Bertz CT molecular complexity index is 692. The molecule has 0 saturated heterocycles. The van der Waals surface area contributed by atoms with Crippen LogP contribution in [-0.4, -0.2) is 31.0 Å². The van der Waals surface area contributed by atoms with Gasteiger partial charge in [-0.05, 0) is 29.7 Å². The highest BCUT2D eigenvalue weighted by Gasteiger charge is 2.21. The van der Waals surface area contributed by atoms with Crippen LogP contribution in [0.15, 0.2) is 60.7 Å². The number of ether oxygens (including phenoxy) is 1. The average molecular weight is 293 g/mol. The third-order valence-electron chi connectivity index (χ3n) is 3.98. The second-order valence-corrected chi connectivity index (χ2v) is 5.30. The molecule has 0 spiro atoms. The first kappa shape index (κ1) is 14.4. The Labute approximate surface area is 130 Å². The summed E-state index contributed by atoms with van der Waals surface area (Å²) in [5, 5.41) is 0. The quantitative estimate of drug-likeness (QED) is 0.865. The number of methoxy groups -OCH3 is 1. The minimum Gasteiger partial charge on any atom is -0.496 e. The number of carbonyl (C=O) groups excluding carboxylic acids is 1. The van der Waals surface area contributed by atoms with Crippen molar-refractivity contribution in [2.24, 2.45) is 0 Å². The van der Waals surface area contributed by atoms with E-state index in [4.69, 9.17) is 4.74 Å². The Morgan fingerprint density at radius 1 is 1.05 bits per heavy atom. The van der Waals surface area contributed by atoms with Gasteiger partial charge >= 0.3 is 0 Å². The van der Waals surface area contributed by atoms with Gasteiger partial charge in [-0.15, -0.1) is 0 Å². The molecule has 0 bridgehead atoms. The molecular weight excluding hydrogens is 274 g/mol. The minimum atomic E-state index is 0.0285. The summed E-state index contributed by atoms with van der Waals surface area (Å²) in [7, 11) is 1.59. The maximum atomic E-state index is 12.6. The van der Waals surface area contributed by atoms with Crippen molar-refractivity contribution in [3.8, 4) is 5.75 Å². The van der Waals surface area contributed by atoms with Crippen LogP contribution in [-0.2, 0) is 0 Å². The molecule has 0 N–H and O–H groups in total. The molecule has 22 heavy (non-hydrogen) atoms. The van der Waals surface area contributed by atoms with Crippen molar-refractivity contribution in [2.75, 3.05) is 20.2 Å². The SMILES string of the molecule is COc1ccccc1C(=O)N1CC=C(c2ccccc2)CC1. The van der Waals surface area contributed by atoms with Gasteiger partial charge in [-0.2, -0.15) is 0 Å². The third-order valence-corrected chi connectivity index (χ3v) is 3.98. The van der Waals surface area contributed by atoms with E-state index in [0.717, 1.165) is 13.0 Å². The van der Waals surface area contributed by atoms with Gasteiger partial charge in [0.25, 0.3) is 5.91 Å². The second kappa shape index (κ2) is 6.48. The van der Waals surface area contributed by atoms with Gasteiger partial charge in [0.1, 0.15) is 5.75 Å². The van der Waals surface area contributed by atoms with Crippen LogP contribution >= 0.6 is 0 Å². The van der Waals surface area contributed by atoms with Gasteiger partial charge in [-0.1, -0.05) is 48.5 Å². The van der Waals surface area contributed by atoms with Gasteiger partial charge in [-0.3, -0.25) is 4.79 Å². The molecule has 1 heterocycles. The van der Waals surface area contributed by atoms with Crippen LogP contribution in [0.25, 0.3) is 5.57 Å². The molecule has 0 unspecified atom stereocenters. The predicted octanol–water partition coefficient (Wildman–Crippen LogP) is 3.62. The van der Waals surface area contributed by atoms with Crippen LogP contribution in [0, 0.1) is 0 Å². The average Bonchev–Trinajstić information content (AvgIpc) is 2.62. The summed E-state index contributed by atoms with van der Waals surface area (Å²) in [4.78, 5) is 14.5. The number of hydrogen-bond donors (Lipinski definition) is 0. The van der Waals surface area contributed by atoms with Gasteiger partial charge in [0.2, 0.25) is 0 Å². The van der Waals surface area contributed by atoms with Crippen molar-refractivity contribution in [3.05, 3.63) is 71.8 Å². The van der Waals surface area contributed by atoms with Crippen molar-refractivity contribution in [3.63, 3.8) is 0 Å². The van der Waals surface area contributed by atoms with Gasteiger partial charge < -0.3 is 9.64 Å². The number of nitrogens with zero attached hydrogens (tertiary/aromatic N) is 1. The Hall–Kier alpha value is -2.55. The number of hydrogen-bond acceptors (Lipinski definition) is 2. The lowest BCUT2D eigenvalue weighted by Crippen LogP contribution is -2.34. The summed E-state index contributed by atoms with van der Waals surface area (Å²) in [6.45, 7) is 1.37. The predicted molar refractivity (Wildman–Crippen MR) is 87.9 cm³/mol. The van der Waals surface area contributed by atoms with E-state index in [1.807, 2.05) is 47.4 Å². The van der Waals surface area contributed by atoms with E-state index in [0.29, 0.717) is 17.9 Å². The van der Waals surface area contributed by atoms with E-state index in [1.54, 1.807) is 7.11 Å². The standard InChI is InChI=1S/C19H19NO2/c1-22-18-10-6-5-9-17(18)19(21)20-13-11-16(12-14-20)15-7-3-2-4-8-15/h2-11H,12-14H2,1H3. The van der Waals surface area contributed by atoms with E-state index in [2.05, 4.69) is 18.2 Å². The maximum absolute atomic E-state index is 12.6. The highest BCUT2D eigenvalue weighted by atomic mass is 16.5. The normalized spacial score (nSPS) is 14.4. The lowest BCUT2D eigenvalue weighted by molar-refractivity contribution is 0.0769. The van der Waals surface area contributed by atoms with Crippen molar-refractivity contribution in [1.82, 2.24) is 4.90 Å². The molecule has 0 fully saturated rings. The van der Waals surface area contributed by atoms with Crippen LogP contribution in [0.3, 0.4) is 0 Å². The zero-order valence-electron chi connectivity index (χ0n) is 12.7. The summed E-state index contributed by atoms with van der Waals surface area (Å²) in [5.74, 6) is 0.658. The molecule has 3 heteroatoms. The van der Waals surface area contributed by atoms with Crippen LogP contribution < -0.4 is 4.74 Å². The third kappa shape index (κ3) is 2.89. The largest absolute Gasteiger partial charge is 0.496 e. The topological polar surface area (TPSA) is 29.5 Å². The molecule has 1 aliphatic rings. The maximum Gasteiger partial charge on any atom is 0.257 e. The number of amides is 1. The highest BCUT2D eigenvalue weighted by Crippen LogP contribution is 2.25. The molecular formula is C19H19NO2. The molecule has 2 aromatic rings. The molecule has 0 aliphatic carbocycles. The van der Waals surface area contributed by atoms with E-state index in [1.165, 1.54) is 11.1 Å². The minimum absolute atomic E-state index is 0.0285. The summed E-state index contributed by atoms with van der Waals surface area (Å²) in [6.07, 6.45) is 3.02. The van der Waals surface area contributed by atoms with E-state index in [9.17, 15) is 4.79 Å². The molecule has 112 valence electrons. The highest BCUT2D eigenvalue weighted by molar-refractivity contribution is 5.97. The molecule has 1 aliphatic heterocycles. The molecule has 1 amide bonds. The second-order valence-electron chi connectivity index (χ2n) is 5.30. The van der Waals surface area contributed by atoms with E-state index < -0.39 is 0 Å². The summed E-state index contributed by atoms with van der Waals surface area (Å²) >= 11 is 0. The van der Waals surface area contributed by atoms with Gasteiger partial charge in [0.15, 0.2) is 0 Å². The van der Waals surface area contributed by atoms with E-state index in [-0.39, 0.29) is 5.91 Å². The van der Waals surface area contributed by atoms with Crippen molar-refractivity contribution in [1.29, 1.82) is 0 Å². The Kier molecular flexibility index (Phi) is 4.24. The summed E-state index contributed by atoms with van der Waals surface area (Å²) in [5.41, 5.74) is 3.18. The van der Waals surface area contributed by atoms with E-state index >= 15 is 0 Å². The fourth-order valence-electron chi connectivity index (χ4n) is 2.76. The Morgan fingerprint density at radius 2 is 1.77 bits per heavy atom. The lowest BCUT2D eigenvalue weighted by atomic mass is 9.99. The van der Waals surface area contributed by atoms with Crippen molar-refractivity contribution >= 4 is 11.5 Å². The van der Waals surface area contributed by atoms with Crippen LogP contribution in [0.4, 0.5) is 0 Å². The number of rotatable bonds is 3. The molecule has 2 aromatic carbocycles. The Balaban J connectivity index is 1.76. The van der Waals surface area contributed by atoms with Crippen LogP contribution in [0.2, 0.25) is 0 Å². The summed E-state index contributed by atoms with van der Waals surface area (Å²) in [6, 6.07) is 17.7. The monoisotopic (exact) mass is 293 g/mol. The first-order valence-electron chi connectivity index (χ1n) is 7.46. The van der Waals surface area contributed by atoms with Crippen LogP contribution in [0.5, 0.6) is 5.75 Å². The fourth-order valence-corrected chi connectivity index (χ4v) is 2.76. The van der Waals surface area contributed by atoms with Crippen molar-refractivity contribution in [2.45, 2.75) is 6.42 Å². The zero-order chi connectivity index (χ0) is 15.4. The van der Waals surface area contributed by atoms with Gasteiger partial charge in [0, 0.05) is 13.1 Å². The zero-order valence-corrected chi connectivity index (χ0v) is 12.7.